The first-order valence-electron chi connectivity index (χ1n) is 8.65. The summed E-state index contributed by atoms with van der Waals surface area (Å²) in [5.41, 5.74) is 4.02. The van der Waals surface area contributed by atoms with E-state index < -0.39 is 0 Å². The molecule has 0 saturated carbocycles. The van der Waals surface area contributed by atoms with Crippen LogP contribution in [-0.2, 0) is 13.0 Å². The van der Waals surface area contributed by atoms with Crippen molar-refractivity contribution in [2.24, 2.45) is 0 Å². The molecule has 2 heterocycles. The molecule has 1 unspecified atom stereocenters. The van der Waals surface area contributed by atoms with Crippen molar-refractivity contribution >= 4 is 5.69 Å². The van der Waals surface area contributed by atoms with Gasteiger partial charge in [0.2, 0.25) is 0 Å². The Morgan fingerprint density at radius 3 is 2.96 bits per heavy atom. The van der Waals surface area contributed by atoms with Crippen molar-refractivity contribution in [2.45, 2.75) is 31.8 Å². The standard InChI is InChI=1S/C20H24N2O/c1-2-5-18(6-3-1)21-19-7-4-11-22(15-19)14-16-8-9-20-17(13-16)10-12-23-20/h1-3,5-6,8-9,13,19,21H,4,7,10-12,14-15H2. The molecular formula is C20H24N2O. The number of para-hydroxylation sites is 1. The average molecular weight is 308 g/mol. The third-order valence-electron chi connectivity index (χ3n) is 4.81. The quantitative estimate of drug-likeness (QED) is 0.932. The van der Waals surface area contributed by atoms with E-state index in [9.17, 15) is 0 Å². The SMILES string of the molecule is c1ccc(NC2CCCN(Cc3ccc4c(c3)CCO4)C2)cc1. The van der Waals surface area contributed by atoms with Gasteiger partial charge in [-0.3, -0.25) is 4.90 Å². The predicted octanol–water partition coefficient (Wildman–Crippen LogP) is 3.70. The zero-order valence-electron chi connectivity index (χ0n) is 13.5. The number of likely N-dealkylation sites (tertiary alicyclic amines) is 1. The van der Waals surface area contributed by atoms with E-state index in [0.717, 1.165) is 31.9 Å². The summed E-state index contributed by atoms with van der Waals surface area (Å²) in [5, 5.41) is 3.68. The number of benzene rings is 2. The summed E-state index contributed by atoms with van der Waals surface area (Å²) in [4.78, 5) is 2.57. The fourth-order valence-electron chi connectivity index (χ4n) is 3.68. The summed E-state index contributed by atoms with van der Waals surface area (Å²) in [5.74, 6) is 1.08. The second-order valence-corrected chi connectivity index (χ2v) is 6.63. The fourth-order valence-corrected chi connectivity index (χ4v) is 3.68. The molecule has 3 nitrogen and oxygen atoms in total. The second-order valence-electron chi connectivity index (χ2n) is 6.63. The van der Waals surface area contributed by atoms with Gasteiger partial charge < -0.3 is 10.1 Å². The van der Waals surface area contributed by atoms with Crippen LogP contribution in [0.1, 0.15) is 24.0 Å². The maximum absolute atomic E-state index is 5.60. The van der Waals surface area contributed by atoms with E-state index in [2.05, 4.69) is 58.7 Å². The Morgan fingerprint density at radius 2 is 2.04 bits per heavy atom. The molecule has 1 fully saturated rings. The van der Waals surface area contributed by atoms with Crippen LogP contribution >= 0.6 is 0 Å². The van der Waals surface area contributed by atoms with Gasteiger partial charge >= 0.3 is 0 Å². The number of hydrogen-bond acceptors (Lipinski definition) is 3. The Hall–Kier alpha value is -2.00. The molecule has 120 valence electrons. The molecule has 0 spiro atoms. The number of nitrogens with one attached hydrogen (secondary N) is 1. The van der Waals surface area contributed by atoms with Gasteiger partial charge in [0.05, 0.1) is 6.61 Å². The van der Waals surface area contributed by atoms with Crippen molar-refractivity contribution in [1.29, 1.82) is 0 Å². The van der Waals surface area contributed by atoms with Crippen LogP contribution in [-0.4, -0.2) is 30.6 Å². The van der Waals surface area contributed by atoms with Crippen LogP contribution in [0.4, 0.5) is 5.69 Å². The Labute approximate surface area is 138 Å². The van der Waals surface area contributed by atoms with E-state index in [1.54, 1.807) is 0 Å². The average Bonchev–Trinajstić information content (AvgIpc) is 3.04. The van der Waals surface area contributed by atoms with Gasteiger partial charge in [-0.25, -0.2) is 0 Å². The largest absolute Gasteiger partial charge is 0.493 e. The number of hydrogen-bond donors (Lipinski definition) is 1. The lowest BCUT2D eigenvalue weighted by Crippen LogP contribution is -2.41. The van der Waals surface area contributed by atoms with Crippen molar-refractivity contribution in [1.82, 2.24) is 4.90 Å². The van der Waals surface area contributed by atoms with E-state index in [-0.39, 0.29) is 0 Å². The van der Waals surface area contributed by atoms with Crippen LogP contribution in [0.2, 0.25) is 0 Å². The zero-order chi connectivity index (χ0) is 15.5. The predicted molar refractivity (Wildman–Crippen MR) is 94.0 cm³/mol. The molecule has 0 aromatic heterocycles. The first-order chi connectivity index (χ1) is 11.4. The molecule has 0 aliphatic carbocycles. The van der Waals surface area contributed by atoms with Crippen molar-refractivity contribution in [3.63, 3.8) is 0 Å². The molecule has 0 bridgehead atoms. The number of fused-ring (bicyclic) bond motifs is 1. The lowest BCUT2D eigenvalue weighted by Gasteiger charge is -2.33. The van der Waals surface area contributed by atoms with E-state index in [1.165, 1.54) is 36.2 Å². The van der Waals surface area contributed by atoms with Gasteiger partial charge in [-0.1, -0.05) is 30.3 Å². The summed E-state index contributed by atoms with van der Waals surface area (Å²) in [6.45, 7) is 4.19. The second kappa shape index (κ2) is 6.63. The van der Waals surface area contributed by atoms with Gasteiger partial charge in [0, 0.05) is 31.2 Å². The highest BCUT2D eigenvalue weighted by atomic mass is 16.5. The summed E-state index contributed by atoms with van der Waals surface area (Å²) >= 11 is 0. The third kappa shape index (κ3) is 3.50. The number of piperidine rings is 1. The van der Waals surface area contributed by atoms with Crippen LogP contribution < -0.4 is 10.1 Å². The van der Waals surface area contributed by atoms with Crippen LogP contribution in [0.25, 0.3) is 0 Å². The van der Waals surface area contributed by atoms with E-state index in [1.807, 2.05) is 0 Å². The lowest BCUT2D eigenvalue weighted by atomic mass is 10.0. The van der Waals surface area contributed by atoms with Crippen LogP contribution in [0.5, 0.6) is 5.75 Å². The number of nitrogens with zero attached hydrogens (tertiary/aromatic N) is 1. The Bertz CT molecular complexity index is 656. The summed E-state index contributed by atoms with van der Waals surface area (Å²) < 4.78 is 5.60. The molecule has 0 amide bonds. The fraction of sp³-hybridized carbons (Fsp3) is 0.400. The molecule has 23 heavy (non-hydrogen) atoms. The molecule has 2 aromatic carbocycles. The van der Waals surface area contributed by atoms with Gasteiger partial charge in [0.15, 0.2) is 0 Å². The monoisotopic (exact) mass is 308 g/mol. The minimum atomic E-state index is 0.545. The van der Waals surface area contributed by atoms with Gasteiger partial charge in [-0.2, -0.15) is 0 Å². The first kappa shape index (κ1) is 14.6. The zero-order valence-corrected chi connectivity index (χ0v) is 13.5. The highest BCUT2D eigenvalue weighted by molar-refractivity contribution is 5.43. The highest BCUT2D eigenvalue weighted by Gasteiger charge is 2.20. The molecule has 2 aliphatic heterocycles. The minimum absolute atomic E-state index is 0.545. The van der Waals surface area contributed by atoms with Crippen molar-refractivity contribution in [3.05, 3.63) is 59.7 Å². The van der Waals surface area contributed by atoms with E-state index >= 15 is 0 Å². The van der Waals surface area contributed by atoms with Crippen LogP contribution in [0.3, 0.4) is 0 Å². The Morgan fingerprint density at radius 1 is 1.13 bits per heavy atom. The molecule has 1 N–H and O–H groups in total. The summed E-state index contributed by atoms with van der Waals surface area (Å²) in [6, 6.07) is 17.8. The molecule has 3 heteroatoms. The van der Waals surface area contributed by atoms with Gasteiger partial charge in [0.25, 0.3) is 0 Å². The molecular weight excluding hydrogens is 284 g/mol. The highest BCUT2D eigenvalue weighted by Crippen LogP contribution is 2.27. The maximum Gasteiger partial charge on any atom is 0.122 e. The van der Waals surface area contributed by atoms with E-state index in [4.69, 9.17) is 4.74 Å². The Balaban J connectivity index is 1.37. The van der Waals surface area contributed by atoms with Crippen molar-refractivity contribution < 1.29 is 4.74 Å². The topological polar surface area (TPSA) is 24.5 Å². The molecule has 4 rings (SSSR count). The molecule has 1 atom stereocenters. The number of ether oxygens (including phenoxy) is 1. The summed E-state index contributed by atoms with van der Waals surface area (Å²) in [6.07, 6.45) is 3.57. The van der Waals surface area contributed by atoms with Gasteiger partial charge in [0.1, 0.15) is 5.75 Å². The van der Waals surface area contributed by atoms with Crippen LogP contribution in [0, 0.1) is 0 Å². The normalized spacial score (nSPS) is 20.8. The van der Waals surface area contributed by atoms with Gasteiger partial charge in [-0.15, -0.1) is 0 Å². The lowest BCUT2D eigenvalue weighted by molar-refractivity contribution is 0.208. The van der Waals surface area contributed by atoms with E-state index in [0.29, 0.717) is 6.04 Å². The first-order valence-corrected chi connectivity index (χ1v) is 8.65. The molecule has 1 saturated heterocycles. The third-order valence-corrected chi connectivity index (χ3v) is 4.81. The maximum atomic E-state index is 5.60. The number of anilines is 1. The molecule has 2 aromatic rings. The van der Waals surface area contributed by atoms with Gasteiger partial charge in [-0.05, 0) is 48.7 Å². The Kier molecular flexibility index (Phi) is 4.20. The van der Waals surface area contributed by atoms with Crippen LogP contribution in [0.15, 0.2) is 48.5 Å². The van der Waals surface area contributed by atoms with Crippen molar-refractivity contribution in [2.75, 3.05) is 25.0 Å². The minimum Gasteiger partial charge on any atom is -0.493 e. The summed E-state index contributed by atoms with van der Waals surface area (Å²) in [7, 11) is 0. The number of rotatable bonds is 4. The molecule has 0 radical (unpaired) electrons. The smallest absolute Gasteiger partial charge is 0.122 e. The van der Waals surface area contributed by atoms with Crippen molar-refractivity contribution in [3.8, 4) is 5.75 Å². The molecule has 2 aliphatic rings.